The van der Waals surface area contributed by atoms with E-state index in [9.17, 15) is 9.90 Å². The maximum Gasteiger partial charge on any atom is 0.325 e. The molecule has 0 bridgehead atoms. The summed E-state index contributed by atoms with van der Waals surface area (Å²) in [5.74, 6) is -0.856. The van der Waals surface area contributed by atoms with Gasteiger partial charge in [0.15, 0.2) is 0 Å². The summed E-state index contributed by atoms with van der Waals surface area (Å²) < 4.78 is 0. The van der Waals surface area contributed by atoms with E-state index in [1.165, 1.54) is 5.56 Å². The Morgan fingerprint density at radius 1 is 1.24 bits per heavy atom. The largest absolute Gasteiger partial charge is 0.480 e. The molecule has 3 rings (SSSR count). The first-order chi connectivity index (χ1) is 10.1. The highest BCUT2D eigenvalue weighted by atomic mass is 16.4. The van der Waals surface area contributed by atoms with Crippen LogP contribution in [0.5, 0.6) is 0 Å². The van der Waals surface area contributed by atoms with Gasteiger partial charge in [0.25, 0.3) is 0 Å². The molecule has 4 nitrogen and oxygen atoms in total. The normalized spacial score (nSPS) is 18.2. The summed E-state index contributed by atoms with van der Waals surface area (Å²) in [6, 6.07) is 14.5. The van der Waals surface area contributed by atoms with Gasteiger partial charge in [-0.05, 0) is 41.7 Å². The summed E-state index contributed by atoms with van der Waals surface area (Å²) in [6.45, 7) is 0. The average molecular weight is 282 g/mol. The summed E-state index contributed by atoms with van der Waals surface area (Å²) in [5.41, 5.74) is 9.70. The number of hydrogen-bond donors (Lipinski definition) is 3. The molecule has 1 aliphatic carbocycles. The van der Waals surface area contributed by atoms with Gasteiger partial charge >= 0.3 is 5.97 Å². The molecular weight excluding hydrogens is 264 g/mol. The van der Waals surface area contributed by atoms with Crippen molar-refractivity contribution in [2.75, 3.05) is 5.73 Å². The molecule has 0 heterocycles. The fourth-order valence-electron chi connectivity index (χ4n) is 2.97. The van der Waals surface area contributed by atoms with Gasteiger partial charge in [0.1, 0.15) is 6.04 Å². The summed E-state index contributed by atoms with van der Waals surface area (Å²) in [5, 5.41) is 12.8. The van der Waals surface area contributed by atoms with Gasteiger partial charge in [0, 0.05) is 11.7 Å². The third kappa shape index (κ3) is 2.76. The average Bonchev–Trinajstić information content (AvgIpc) is 2.87. The number of carboxylic acid groups (broad SMARTS) is 1. The zero-order valence-electron chi connectivity index (χ0n) is 11.6. The lowest BCUT2D eigenvalue weighted by molar-refractivity contribution is -0.139. The van der Waals surface area contributed by atoms with Gasteiger partial charge in [-0.2, -0.15) is 0 Å². The minimum absolute atomic E-state index is 0.0573. The Kier molecular flexibility index (Phi) is 3.62. The molecule has 1 aliphatic rings. The van der Waals surface area contributed by atoms with Gasteiger partial charge in [0.05, 0.1) is 0 Å². The fraction of sp³-hybridized carbons (Fsp3) is 0.235. The van der Waals surface area contributed by atoms with Gasteiger partial charge in [-0.15, -0.1) is 0 Å². The number of carboxylic acids is 1. The molecular formula is C17H18N2O2. The molecule has 0 amide bonds. The Labute approximate surface area is 123 Å². The van der Waals surface area contributed by atoms with E-state index < -0.39 is 12.0 Å². The van der Waals surface area contributed by atoms with Crippen molar-refractivity contribution in [1.29, 1.82) is 0 Å². The van der Waals surface area contributed by atoms with Crippen molar-refractivity contribution in [2.45, 2.75) is 24.9 Å². The first-order valence-corrected chi connectivity index (χ1v) is 7.07. The number of nitrogens with one attached hydrogen (secondary N) is 1. The van der Waals surface area contributed by atoms with Crippen LogP contribution in [0.25, 0.3) is 0 Å². The number of aryl methyl sites for hydroxylation is 1. The Bertz CT molecular complexity index is 655. The van der Waals surface area contributed by atoms with Crippen LogP contribution in [0.15, 0.2) is 48.5 Å². The molecule has 2 atom stereocenters. The molecule has 0 aliphatic heterocycles. The molecule has 108 valence electrons. The van der Waals surface area contributed by atoms with Crippen molar-refractivity contribution in [3.63, 3.8) is 0 Å². The van der Waals surface area contributed by atoms with E-state index in [-0.39, 0.29) is 6.04 Å². The van der Waals surface area contributed by atoms with Gasteiger partial charge in [-0.3, -0.25) is 10.1 Å². The van der Waals surface area contributed by atoms with Crippen molar-refractivity contribution in [3.8, 4) is 0 Å². The number of anilines is 1. The fourth-order valence-corrected chi connectivity index (χ4v) is 2.97. The lowest BCUT2D eigenvalue weighted by Crippen LogP contribution is -2.31. The molecule has 0 radical (unpaired) electrons. The van der Waals surface area contributed by atoms with Crippen LogP contribution in [0.2, 0.25) is 0 Å². The van der Waals surface area contributed by atoms with Crippen molar-refractivity contribution in [1.82, 2.24) is 5.32 Å². The Balaban J connectivity index is 1.85. The van der Waals surface area contributed by atoms with Crippen LogP contribution in [-0.2, 0) is 11.2 Å². The maximum atomic E-state index is 11.6. The van der Waals surface area contributed by atoms with E-state index in [0.717, 1.165) is 29.7 Å². The highest BCUT2D eigenvalue weighted by Gasteiger charge is 2.28. The molecule has 0 saturated heterocycles. The Hall–Kier alpha value is -2.33. The minimum atomic E-state index is -0.856. The van der Waals surface area contributed by atoms with E-state index in [2.05, 4.69) is 5.32 Å². The number of nitrogen functional groups attached to an aromatic ring is 1. The van der Waals surface area contributed by atoms with Gasteiger partial charge in [-0.1, -0.05) is 36.4 Å². The summed E-state index contributed by atoms with van der Waals surface area (Å²) in [6.07, 6.45) is 1.83. The maximum absolute atomic E-state index is 11.6. The van der Waals surface area contributed by atoms with Crippen LogP contribution in [-0.4, -0.2) is 11.1 Å². The molecule has 0 spiro atoms. The first-order valence-electron chi connectivity index (χ1n) is 7.07. The lowest BCUT2D eigenvalue weighted by atomic mass is 10.0. The molecule has 0 fully saturated rings. The molecule has 2 unspecified atom stereocenters. The topological polar surface area (TPSA) is 75.3 Å². The zero-order valence-corrected chi connectivity index (χ0v) is 11.6. The van der Waals surface area contributed by atoms with Gasteiger partial charge in [-0.25, -0.2) is 0 Å². The number of benzene rings is 2. The molecule has 0 aromatic heterocycles. The summed E-state index contributed by atoms with van der Waals surface area (Å²) in [4.78, 5) is 11.6. The second-order valence-electron chi connectivity index (χ2n) is 5.40. The molecule has 2 aromatic rings. The second-order valence-corrected chi connectivity index (χ2v) is 5.40. The quantitative estimate of drug-likeness (QED) is 0.754. The molecule has 21 heavy (non-hydrogen) atoms. The van der Waals surface area contributed by atoms with Gasteiger partial charge in [0.2, 0.25) is 0 Å². The van der Waals surface area contributed by atoms with Crippen LogP contribution in [0, 0.1) is 0 Å². The smallest absolute Gasteiger partial charge is 0.325 e. The van der Waals surface area contributed by atoms with Crippen LogP contribution in [0.1, 0.15) is 35.2 Å². The third-order valence-corrected chi connectivity index (χ3v) is 3.99. The lowest BCUT2D eigenvalue weighted by Gasteiger charge is -2.21. The summed E-state index contributed by atoms with van der Waals surface area (Å²) in [7, 11) is 0. The SMILES string of the molecule is Nc1ccc2c(c1)CCC2NC(C(=O)O)c1ccccc1. The molecule has 2 aromatic carbocycles. The third-order valence-electron chi connectivity index (χ3n) is 3.99. The zero-order chi connectivity index (χ0) is 14.8. The second kappa shape index (κ2) is 5.58. The van der Waals surface area contributed by atoms with E-state index in [0.29, 0.717) is 0 Å². The number of aliphatic carboxylic acids is 1. The Morgan fingerprint density at radius 3 is 2.71 bits per heavy atom. The van der Waals surface area contributed by atoms with E-state index in [1.54, 1.807) is 0 Å². The van der Waals surface area contributed by atoms with E-state index in [4.69, 9.17) is 5.73 Å². The van der Waals surface area contributed by atoms with Crippen molar-refractivity contribution < 1.29 is 9.90 Å². The van der Waals surface area contributed by atoms with Crippen LogP contribution < -0.4 is 11.1 Å². The number of hydrogen-bond acceptors (Lipinski definition) is 3. The number of fused-ring (bicyclic) bond motifs is 1. The van der Waals surface area contributed by atoms with Crippen LogP contribution in [0.3, 0.4) is 0 Å². The summed E-state index contributed by atoms with van der Waals surface area (Å²) >= 11 is 0. The van der Waals surface area contributed by atoms with Crippen LogP contribution >= 0.6 is 0 Å². The predicted molar refractivity (Wildman–Crippen MR) is 81.9 cm³/mol. The monoisotopic (exact) mass is 282 g/mol. The van der Waals surface area contributed by atoms with E-state index in [1.807, 2.05) is 48.5 Å². The highest BCUT2D eigenvalue weighted by molar-refractivity contribution is 5.75. The number of nitrogens with two attached hydrogens (primary N) is 1. The Morgan fingerprint density at radius 2 is 2.00 bits per heavy atom. The molecule has 4 heteroatoms. The number of carbonyl (C=O) groups is 1. The van der Waals surface area contributed by atoms with Crippen LogP contribution in [0.4, 0.5) is 5.69 Å². The van der Waals surface area contributed by atoms with Gasteiger partial charge < -0.3 is 10.8 Å². The standard InChI is InChI=1S/C17H18N2O2/c18-13-7-8-14-12(10-13)6-9-15(14)19-16(17(20)21)11-4-2-1-3-5-11/h1-5,7-8,10,15-16,19H,6,9,18H2,(H,20,21). The van der Waals surface area contributed by atoms with Crippen molar-refractivity contribution in [3.05, 3.63) is 65.2 Å². The van der Waals surface area contributed by atoms with Crippen molar-refractivity contribution >= 4 is 11.7 Å². The predicted octanol–water partition coefficient (Wildman–Crippen LogP) is 2.67. The first kappa shape index (κ1) is 13.6. The highest BCUT2D eigenvalue weighted by Crippen LogP contribution is 2.34. The number of rotatable bonds is 4. The minimum Gasteiger partial charge on any atom is -0.480 e. The molecule has 4 N–H and O–H groups in total. The molecule has 0 saturated carbocycles. The van der Waals surface area contributed by atoms with E-state index >= 15 is 0 Å². The van der Waals surface area contributed by atoms with Crippen molar-refractivity contribution in [2.24, 2.45) is 0 Å².